The van der Waals surface area contributed by atoms with Crippen LogP contribution in [0, 0.1) is 6.92 Å². The van der Waals surface area contributed by atoms with Gasteiger partial charge in [0.05, 0.1) is 5.01 Å². The van der Waals surface area contributed by atoms with Crippen LogP contribution < -0.4 is 5.32 Å². The highest BCUT2D eigenvalue weighted by Crippen LogP contribution is 2.15. The van der Waals surface area contributed by atoms with E-state index < -0.39 is 11.5 Å². The third kappa shape index (κ3) is 3.00. The lowest BCUT2D eigenvalue weighted by molar-refractivity contribution is -0.144. The first-order chi connectivity index (χ1) is 6.98. The van der Waals surface area contributed by atoms with Gasteiger partial charge in [0.1, 0.15) is 5.54 Å². The van der Waals surface area contributed by atoms with Crippen molar-refractivity contribution >= 4 is 17.3 Å². The molecular formula is C10H16N2O2S. The van der Waals surface area contributed by atoms with Crippen molar-refractivity contribution in [3.05, 3.63) is 16.1 Å². The molecule has 84 valence electrons. The van der Waals surface area contributed by atoms with Gasteiger partial charge in [-0.25, -0.2) is 4.98 Å². The van der Waals surface area contributed by atoms with E-state index in [0.29, 0.717) is 13.0 Å². The van der Waals surface area contributed by atoms with Crippen LogP contribution in [0.25, 0.3) is 0 Å². The Labute approximate surface area is 93.4 Å². The Morgan fingerprint density at radius 3 is 2.80 bits per heavy atom. The van der Waals surface area contributed by atoms with E-state index in [4.69, 9.17) is 5.11 Å². The van der Waals surface area contributed by atoms with Gasteiger partial charge in [-0.1, -0.05) is 6.92 Å². The van der Waals surface area contributed by atoms with Gasteiger partial charge in [-0.15, -0.1) is 11.3 Å². The molecule has 4 nitrogen and oxygen atoms in total. The van der Waals surface area contributed by atoms with Crippen LogP contribution in [0.1, 0.15) is 30.2 Å². The SMILES string of the molecule is CCC(C)(NCc1cnc(C)s1)C(=O)O. The molecule has 1 unspecified atom stereocenters. The van der Waals surface area contributed by atoms with Gasteiger partial charge in [-0.05, 0) is 20.3 Å². The summed E-state index contributed by atoms with van der Waals surface area (Å²) in [6, 6.07) is 0. The van der Waals surface area contributed by atoms with Gasteiger partial charge in [-0.3, -0.25) is 10.1 Å². The summed E-state index contributed by atoms with van der Waals surface area (Å²) in [5.41, 5.74) is -0.849. The summed E-state index contributed by atoms with van der Waals surface area (Å²) in [7, 11) is 0. The molecule has 0 aliphatic carbocycles. The Hall–Kier alpha value is -0.940. The smallest absolute Gasteiger partial charge is 0.323 e. The van der Waals surface area contributed by atoms with Crippen molar-refractivity contribution < 1.29 is 9.90 Å². The number of aryl methyl sites for hydroxylation is 1. The number of thiazole rings is 1. The molecule has 0 saturated carbocycles. The van der Waals surface area contributed by atoms with Gasteiger partial charge in [0.2, 0.25) is 0 Å². The molecule has 0 radical (unpaired) electrons. The largest absolute Gasteiger partial charge is 0.480 e. The molecule has 1 rings (SSSR count). The first-order valence-corrected chi connectivity index (χ1v) is 5.69. The lowest BCUT2D eigenvalue weighted by atomic mass is 9.99. The molecule has 1 aromatic rings. The molecule has 2 N–H and O–H groups in total. The van der Waals surface area contributed by atoms with Crippen LogP contribution in [-0.2, 0) is 11.3 Å². The second-order valence-corrected chi connectivity index (χ2v) is 5.01. The van der Waals surface area contributed by atoms with E-state index >= 15 is 0 Å². The normalized spacial score (nSPS) is 14.9. The molecule has 0 aliphatic heterocycles. The van der Waals surface area contributed by atoms with E-state index in [0.717, 1.165) is 9.88 Å². The standard InChI is InChI=1S/C10H16N2O2S/c1-4-10(3,9(13)14)12-6-8-5-11-7(2)15-8/h5,12H,4,6H2,1-3H3,(H,13,14). The fourth-order valence-corrected chi connectivity index (χ4v) is 1.86. The van der Waals surface area contributed by atoms with Crippen LogP contribution in [0.4, 0.5) is 0 Å². The molecule has 1 heterocycles. The maximum absolute atomic E-state index is 11.0. The third-order valence-electron chi connectivity index (χ3n) is 2.50. The quantitative estimate of drug-likeness (QED) is 0.806. The molecule has 0 saturated heterocycles. The predicted molar refractivity (Wildman–Crippen MR) is 60.0 cm³/mol. The summed E-state index contributed by atoms with van der Waals surface area (Å²) in [6.45, 7) is 6.05. The monoisotopic (exact) mass is 228 g/mol. The average Bonchev–Trinajstić information content (AvgIpc) is 2.60. The number of carbonyl (C=O) groups is 1. The first kappa shape index (κ1) is 12.1. The average molecular weight is 228 g/mol. The molecule has 0 aromatic carbocycles. The number of hydrogen-bond acceptors (Lipinski definition) is 4. The summed E-state index contributed by atoms with van der Waals surface area (Å²) < 4.78 is 0. The lowest BCUT2D eigenvalue weighted by Crippen LogP contribution is -2.48. The number of aliphatic carboxylic acids is 1. The highest BCUT2D eigenvalue weighted by molar-refractivity contribution is 7.11. The number of carboxylic acid groups (broad SMARTS) is 1. The Kier molecular flexibility index (Phi) is 3.82. The van der Waals surface area contributed by atoms with Crippen LogP contribution in [0.5, 0.6) is 0 Å². The summed E-state index contributed by atoms with van der Waals surface area (Å²) in [5, 5.41) is 13.1. The topological polar surface area (TPSA) is 62.2 Å². The second-order valence-electron chi connectivity index (χ2n) is 3.69. The molecule has 0 spiro atoms. The molecule has 1 atom stereocenters. The molecule has 15 heavy (non-hydrogen) atoms. The van der Waals surface area contributed by atoms with Gasteiger partial charge in [0.25, 0.3) is 0 Å². The minimum atomic E-state index is -0.849. The van der Waals surface area contributed by atoms with Crippen molar-refractivity contribution in [1.82, 2.24) is 10.3 Å². The van der Waals surface area contributed by atoms with Gasteiger partial charge in [0.15, 0.2) is 0 Å². The van der Waals surface area contributed by atoms with E-state index in [1.165, 1.54) is 0 Å². The number of nitrogens with one attached hydrogen (secondary N) is 1. The van der Waals surface area contributed by atoms with E-state index in [2.05, 4.69) is 10.3 Å². The van der Waals surface area contributed by atoms with Crippen LogP contribution in [-0.4, -0.2) is 21.6 Å². The molecule has 0 fully saturated rings. The van der Waals surface area contributed by atoms with E-state index in [-0.39, 0.29) is 0 Å². The number of nitrogens with zero attached hydrogens (tertiary/aromatic N) is 1. The van der Waals surface area contributed by atoms with Gasteiger partial charge < -0.3 is 5.11 Å². The zero-order valence-electron chi connectivity index (χ0n) is 9.20. The van der Waals surface area contributed by atoms with Gasteiger partial charge in [-0.2, -0.15) is 0 Å². The van der Waals surface area contributed by atoms with Crippen molar-refractivity contribution in [2.24, 2.45) is 0 Å². The maximum atomic E-state index is 11.0. The van der Waals surface area contributed by atoms with Crippen LogP contribution in [0.2, 0.25) is 0 Å². The van der Waals surface area contributed by atoms with Crippen LogP contribution in [0.15, 0.2) is 6.20 Å². The Bertz CT molecular complexity index is 351. The number of rotatable bonds is 5. The third-order valence-corrected chi connectivity index (χ3v) is 3.41. The zero-order valence-corrected chi connectivity index (χ0v) is 10.0. The summed E-state index contributed by atoms with van der Waals surface area (Å²) in [5.74, 6) is -0.814. The van der Waals surface area contributed by atoms with Crippen molar-refractivity contribution in [1.29, 1.82) is 0 Å². The molecular weight excluding hydrogens is 212 g/mol. The van der Waals surface area contributed by atoms with Crippen LogP contribution in [0.3, 0.4) is 0 Å². The summed E-state index contributed by atoms with van der Waals surface area (Å²) >= 11 is 1.58. The van der Waals surface area contributed by atoms with Gasteiger partial charge in [0, 0.05) is 17.6 Å². The Morgan fingerprint density at radius 1 is 1.73 bits per heavy atom. The lowest BCUT2D eigenvalue weighted by Gasteiger charge is -2.24. The van der Waals surface area contributed by atoms with E-state index in [9.17, 15) is 4.79 Å². The molecule has 5 heteroatoms. The summed E-state index contributed by atoms with van der Waals surface area (Å²) in [6.07, 6.45) is 2.34. The highest BCUT2D eigenvalue weighted by atomic mass is 32.1. The predicted octanol–water partition coefficient (Wildman–Crippen LogP) is 1.79. The molecule has 0 bridgehead atoms. The van der Waals surface area contributed by atoms with Crippen molar-refractivity contribution in [2.45, 2.75) is 39.3 Å². The minimum absolute atomic E-state index is 0.556. The zero-order chi connectivity index (χ0) is 11.5. The Morgan fingerprint density at radius 2 is 2.40 bits per heavy atom. The van der Waals surface area contributed by atoms with E-state index in [1.54, 1.807) is 24.5 Å². The number of carboxylic acids is 1. The highest BCUT2D eigenvalue weighted by Gasteiger charge is 2.30. The van der Waals surface area contributed by atoms with Crippen molar-refractivity contribution in [3.8, 4) is 0 Å². The molecule has 0 amide bonds. The first-order valence-electron chi connectivity index (χ1n) is 4.87. The Balaban J connectivity index is 2.59. The van der Waals surface area contributed by atoms with Crippen LogP contribution >= 0.6 is 11.3 Å². The molecule has 1 aromatic heterocycles. The maximum Gasteiger partial charge on any atom is 0.323 e. The van der Waals surface area contributed by atoms with E-state index in [1.807, 2.05) is 13.8 Å². The van der Waals surface area contributed by atoms with Crippen molar-refractivity contribution in [2.75, 3.05) is 0 Å². The number of aromatic nitrogens is 1. The summed E-state index contributed by atoms with van der Waals surface area (Å²) in [4.78, 5) is 16.2. The molecule has 0 aliphatic rings. The minimum Gasteiger partial charge on any atom is -0.480 e. The van der Waals surface area contributed by atoms with Crippen molar-refractivity contribution in [3.63, 3.8) is 0 Å². The fraction of sp³-hybridized carbons (Fsp3) is 0.600. The number of hydrogen-bond donors (Lipinski definition) is 2. The second kappa shape index (κ2) is 4.72. The van der Waals surface area contributed by atoms with Gasteiger partial charge >= 0.3 is 5.97 Å². The fourth-order valence-electron chi connectivity index (χ4n) is 1.12.